The van der Waals surface area contributed by atoms with Gasteiger partial charge in [-0.2, -0.15) is 5.10 Å². The smallest absolute Gasteiger partial charge is 0.183 e. The van der Waals surface area contributed by atoms with E-state index >= 15 is 0 Å². The Kier molecular flexibility index (Phi) is 3.43. The number of imidazole rings is 1. The molecule has 1 aliphatic rings. The maximum atomic E-state index is 5.96. The minimum Gasteiger partial charge on any atom is -0.382 e. The van der Waals surface area contributed by atoms with Gasteiger partial charge in [0.1, 0.15) is 11.6 Å². The Hall–Kier alpha value is -2.52. The first kappa shape index (κ1) is 14.1. The number of nitrogen functional groups attached to an aromatic ring is 1. The van der Waals surface area contributed by atoms with Gasteiger partial charge in [-0.05, 0) is 6.07 Å². The van der Waals surface area contributed by atoms with E-state index in [1.165, 1.54) is 0 Å². The third-order valence-electron chi connectivity index (χ3n) is 3.92. The SMILES string of the molecule is Cn1ccc(CN2CCOC(c3nc(N)c4[nH]cnc4n3)C2)n1. The highest BCUT2D eigenvalue weighted by Gasteiger charge is 2.25. The number of nitrogens with zero attached hydrogens (tertiary/aromatic N) is 6. The van der Waals surface area contributed by atoms with Crippen molar-refractivity contribution in [2.45, 2.75) is 12.6 Å². The first-order chi connectivity index (χ1) is 11.2. The summed E-state index contributed by atoms with van der Waals surface area (Å²) in [4.78, 5) is 18.2. The molecule has 1 aliphatic heterocycles. The molecule has 1 fully saturated rings. The standard InChI is InChI=1S/C14H18N8O/c1-21-3-2-9(20-21)6-22-4-5-23-10(7-22)13-18-12(15)11-14(19-13)17-8-16-11/h2-3,8,10H,4-7H2,1H3,(H3,15,16,17,18,19). The number of aromatic amines is 1. The van der Waals surface area contributed by atoms with E-state index < -0.39 is 0 Å². The summed E-state index contributed by atoms with van der Waals surface area (Å²) < 4.78 is 7.64. The Balaban J connectivity index is 1.53. The lowest BCUT2D eigenvalue weighted by molar-refractivity contribution is -0.0373. The molecule has 4 rings (SSSR count). The van der Waals surface area contributed by atoms with Crippen LogP contribution in [-0.4, -0.2) is 54.3 Å². The summed E-state index contributed by atoms with van der Waals surface area (Å²) in [5.41, 5.74) is 8.23. The van der Waals surface area contributed by atoms with Gasteiger partial charge >= 0.3 is 0 Å². The van der Waals surface area contributed by atoms with Crippen LogP contribution in [-0.2, 0) is 18.3 Å². The normalized spacial score (nSPS) is 19.4. The van der Waals surface area contributed by atoms with Crippen molar-refractivity contribution in [2.24, 2.45) is 7.05 Å². The highest BCUT2D eigenvalue weighted by Crippen LogP contribution is 2.23. The molecule has 0 spiro atoms. The Labute approximate surface area is 132 Å². The van der Waals surface area contributed by atoms with E-state index in [2.05, 4.69) is 29.9 Å². The third-order valence-corrected chi connectivity index (χ3v) is 3.92. The summed E-state index contributed by atoms with van der Waals surface area (Å²) >= 11 is 0. The fraction of sp³-hybridized carbons (Fsp3) is 0.429. The Morgan fingerprint density at radius 3 is 3.17 bits per heavy atom. The van der Waals surface area contributed by atoms with Crippen molar-refractivity contribution in [1.29, 1.82) is 0 Å². The van der Waals surface area contributed by atoms with E-state index in [-0.39, 0.29) is 6.10 Å². The zero-order valence-corrected chi connectivity index (χ0v) is 12.8. The first-order valence-electron chi connectivity index (χ1n) is 7.48. The highest BCUT2D eigenvalue weighted by molar-refractivity contribution is 5.80. The molecule has 0 bridgehead atoms. The van der Waals surface area contributed by atoms with Crippen LogP contribution in [0, 0.1) is 0 Å². The Morgan fingerprint density at radius 1 is 1.43 bits per heavy atom. The van der Waals surface area contributed by atoms with Crippen LogP contribution >= 0.6 is 0 Å². The van der Waals surface area contributed by atoms with Crippen molar-refractivity contribution < 1.29 is 4.74 Å². The molecule has 0 aliphatic carbocycles. The van der Waals surface area contributed by atoms with Crippen LogP contribution in [0.5, 0.6) is 0 Å². The number of rotatable bonds is 3. The summed E-state index contributed by atoms with van der Waals surface area (Å²) in [6.07, 6.45) is 3.30. The summed E-state index contributed by atoms with van der Waals surface area (Å²) in [5, 5.41) is 4.42. The van der Waals surface area contributed by atoms with Crippen molar-refractivity contribution in [3.63, 3.8) is 0 Å². The summed E-state index contributed by atoms with van der Waals surface area (Å²) in [5.74, 6) is 0.973. The van der Waals surface area contributed by atoms with E-state index in [4.69, 9.17) is 10.5 Å². The molecule has 0 amide bonds. The van der Waals surface area contributed by atoms with Crippen LogP contribution in [0.2, 0.25) is 0 Å². The van der Waals surface area contributed by atoms with Crippen LogP contribution in [0.4, 0.5) is 5.82 Å². The second kappa shape index (κ2) is 5.60. The van der Waals surface area contributed by atoms with Crippen molar-refractivity contribution in [3.8, 4) is 0 Å². The van der Waals surface area contributed by atoms with Crippen LogP contribution in [0.15, 0.2) is 18.6 Å². The fourth-order valence-corrected chi connectivity index (χ4v) is 2.80. The molecule has 9 heteroatoms. The van der Waals surface area contributed by atoms with Crippen molar-refractivity contribution in [3.05, 3.63) is 30.1 Å². The number of hydrogen-bond acceptors (Lipinski definition) is 7. The quantitative estimate of drug-likeness (QED) is 0.712. The van der Waals surface area contributed by atoms with Gasteiger partial charge in [-0.3, -0.25) is 9.58 Å². The van der Waals surface area contributed by atoms with Crippen molar-refractivity contribution in [1.82, 2.24) is 34.6 Å². The second-order valence-electron chi connectivity index (χ2n) is 5.64. The van der Waals surface area contributed by atoms with Crippen molar-refractivity contribution >= 4 is 17.0 Å². The number of aromatic nitrogens is 6. The first-order valence-corrected chi connectivity index (χ1v) is 7.48. The molecular formula is C14H18N8O. The highest BCUT2D eigenvalue weighted by atomic mass is 16.5. The van der Waals surface area contributed by atoms with Crippen LogP contribution in [0.1, 0.15) is 17.6 Å². The number of ether oxygens (including phenoxy) is 1. The molecule has 3 aromatic heterocycles. The van der Waals surface area contributed by atoms with Gasteiger partial charge in [0.2, 0.25) is 0 Å². The lowest BCUT2D eigenvalue weighted by Crippen LogP contribution is -2.38. The van der Waals surface area contributed by atoms with Gasteiger partial charge in [0.05, 0.1) is 18.6 Å². The maximum absolute atomic E-state index is 5.96. The maximum Gasteiger partial charge on any atom is 0.183 e. The number of hydrogen-bond donors (Lipinski definition) is 2. The molecule has 0 aromatic carbocycles. The lowest BCUT2D eigenvalue weighted by atomic mass is 10.2. The predicted octanol–water partition coefficient (Wildman–Crippen LogP) is 0.242. The average molecular weight is 314 g/mol. The average Bonchev–Trinajstić information content (AvgIpc) is 3.17. The fourth-order valence-electron chi connectivity index (χ4n) is 2.80. The second-order valence-corrected chi connectivity index (χ2v) is 5.64. The number of nitrogens with two attached hydrogens (primary N) is 1. The molecule has 0 saturated carbocycles. The van der Waals surface area contributed by atoms with Gasteiger partial charge in [-0.15, -0.1) is 0 Å². The van der Waals surface area contributed by atoms with Gasteiger partial charge in [-0.25, -0.2) is 15.0 Å². The minimum absolute atomic E-state index is 0.212. The number of H-pyrrole nitrogens is 1. The largest absolute Gasteiger partial charge is 0.382 e. The number of morpholine rings is 1. The monoisotopic (exact) mass is 314 g/mol. The topological polar surface area (TPSA) is 111 Å². The number of aryl methyl sites for hydroxylation is 1. The molecular weight excluding hydrogens is 296 g/mol. The van der Waals surface area contributed by atoms with Crippen LogP contribution < -0.4 is 5.73 Å². The zero-order valence-electron chi connectivity index (χ0n) is 12.8. The summed E-state index contributed by atoms with van der Waals surface area (Å²) in [7, 11) is 1.92. The molecule has 1 saturated heterocycles. The predicted molar refractivity (Wildman–Crippen MR) is 83.3 cm³/mol. The minimum atomic E-state index is -0.212. The van der Waals surface area contributed by atoms with E-state index in [1.807, 2.05) is 24.0 Å². The number of nitrogens with one attached hydrogen (secondary N) is 1. The number of fused-ring (bicyclic) bond motifs is 1. The lowest BCUT2D eigenvalue weighted by Gasteiger charge is -2.31. The molecule has 9 nitrogen and oxygen atoms in total. The molecule has 1 unspecified atom stereocenters. The van der Waals surface area contributed by atoms with Crippen LogP contribution in [0.3, 0.4) is 0 Å². The molecule has 120 valence electrons. The van der Waals surface area contributed by atoms with Gasteiger partial charge in [0.15, 0.2) is 17.3 Å². The van der Waals surface area contributed by atoms with E-state index in [0.29, 0.717) is 36.0 Å². The van der Waals surface area contributed by atoms with Crippen LogP contribution in [0.25, 0.3) is 11.2 Å². The summed E-state index contributed by atoms with van der Waals surface area (Å²) in [6.45, 7) is 2.96. The Bertz CT molecular complexity index is 825. The molecule has 3 aromatic rings. The van der Waals surface area contributed by atoms with E-state index in [0.717, 1.165) is 18.8 Å². The molecule has 1 atom stereocenters. The van der Waals surface area contributed by atoms with E-state index in [1.54, 1.807) is 6.33 Å². The summed E-state index contributed by atoms with van der Waals surface area (Å²) in [6, 6.07) is 2.02. The van der Waals surface area contributed by atoms with E-state index in [9.17, 15) is 0 Å². The molecule has 3 N–H and O–H groups in total. The zero-order chi connectivity index (χ0) is 15.8. The third kappa shape index (κ3) is 2.76. The van der Waals surface area contributed by atoms with Gasteiger partial charge < -0.3 is 15.5 Å². The van der Waals surface area contributed by atoms with Crippen molar-refractivity contribution in [2.75, 3.05) is 25.4 Å². The van der Waals surface area contributed by atoms with Gasteiger partial charge in [0.25, 0.3) is 0 Å². The molecule has 23 heavy (non-hydrogen) atoms. The van der Waals surface area contributed by atoms with Gasteiger partial charge in [0, 0.05) is 32.9 Å². The molecule has 0 radical (unpaired) electrons. The van der Waals surface area contributed by atoms with Gasteiger partial charge in [-0.1, -0.05) is 0 Å². The Morgan fingerprint density at radius 2 is 2.35 bits per heavy atom. The molecule has 4 heterocycles. The number of anilines is 1.